The van der Waals surface area contributed by atoms with Gasteiger partial charge in [-0.3, -0.25) is 34.2 Å². The molecule has 4 N–H and O–H groups in total. The highest BCUT2D eigenvalue weighted by atomic mass is 32.2. The fourth-order valence-electron chi connectivity index (χ4n) is 8.47. The number of rotatable bonds is 17. The van der Waals surface area contributed by atoms with Gasteiger partial charge in [0.2, 0.25) is 29.6 Å². The minimum atomic E-state index is -0.696. The summed E-state index contributed by atoms with van der Waals surface area (Å²) in [5, 5.41) is 12.9. The molecule has 0 radical (unpaired) electrons. The average Bonchev–Trinajstić information content (AvgIpc) is 3.82. The summed E-state index contributed by atoms with van der Waals surface area (Å²) in [5.41, 5.74) is 5.14. The lowest BCUT2D eigenvalue weighted by atomic mass is 10.0. The van der Waals surface area contributed by atoms with Crippen LogP contribution in [0.15, 0.2) is 90.1 Å². The Morgan fingerprint density at radius 3 is 2.59 bits per heavy atom. The van der Waals surface area contributed by atoms with Gasteiger partial charge in [0.05, 0.1) is 29.9 Å². The number of aromatic nitrogens is 3. The first-order valence-electron chi connectivity index (χ1n) is 22.0. The van der Waals surface area contributed by atoms with Crippen molar-refractivity contribution in [3.05, 3.63) is 96.3 Å². The van der Waals surface area contributed by atoms with Crippen LogP contribution in [0.2, 0.25) is 0 Å². The van der Waals surface area contributed by atoms with Crippen molar-refractivity contribution in [1.29, 1.82) is 0 Å². The minimum absolute atomic E-state index is 0.0163. The van der Waals surface area contributed by atoms with Crippen LogP contribution in [0.4, 0.5) is 17.3 Å². The van der Waals surface area contributed by atoms with Crippen molar-refractivity contribution in [2.75, 3.05) is 70.4 Å². The second kappa shape index (κ2) is 20.6. The molecule has 0 spiro atoms. The smallest absolute Gasteiger partial charge is 0.255 e. The number of nitrogens with one attached hydrogen (secondary N) is 4. The normalized spacial score (nSPS) is 16.8. The maximum Gasteiger partial charge on any atom is 0.255 e. The van der Waals surface area contributed by atoms with E-state index in [0.29, 0.717) is 60.5 Å². The van der Waals surface area contributed by atoms with Gasteiger partial charge < -0.3 is 39.8 Å². The summed E-state index contributed by atoms with van der Waals surface area (Å²) in [4.78, 5) is 79.8. The maximum absolute atomic E-state index is 13.4. The summed E-state index contributed by atoms with van der Waals surface area (Å²) < 4.78 is 14.0. The second-order valence-electron chi connectivity index (χ2n) is 16.8. The first kappa shape index (κ1) is 45.8. The Morgan fingerprint density at radius 2 is 1.80 bits per heavy atom. The molecular weight excluding hydrogens is 861 g/mol. The summed E-state index contributed by atoms with van der Waals surface area (Å²) in [6.45, 7) is 3.36. The molecule has 18 heteroatoms. The number of piperidine rings is 2. The van der Waals surface area contributed by atoms with Crippen LogP contribution < -0.4 is 30.7 Å². The molecule has 8 rings (SSSR count). The largest absolute Gasteiger partial charge is 0.494 e. The van der Waals surface area contributed by atoms with Crippen LogP contribution in [-0.2, 0) is 32.8 Å². The Kier molecular flexibility index (Phi) is 14.3. The van der Waals surface area contributed by atoms with E-state index in [2.05, 4.69) is 54.0 Å². The Labute approximate surface area is 387 Å². The molecule has 3 aromatic carbocycles. The fraction of sp³-hybridized carbons (Fsp3) is 0.354. The topological polar surface area (TPSA) is 192 Å². The number of amides is 5. The van der Waals surface area contributed by atoms with Gasteiger partial charge in [0, 0.05) is 104 Å². The predicted octanol–water partition coefficient (Wildman–Crippen LogP) is 4.96. The van der Waals surface area contributed by atoms with Crippen molar-refractivity contribution >= 4 is 69.5 Å². The zero-order valence-electron chi connectivity index (χ0n) is 37.5. The van der Waals surface area contributed by atoms with Crippen LogP contribution in [0.25, 0.3) is 22.2 Å². The van der Waals surface area contributed by atoms with E-state index in [1.165, 1.54) is 22.7 Å². The van der Waals surface area contributed by atoms with Crippen LogP contribution in [0, 0.1) is 0 Å². The first-order valence-corrected chi connectivity index (χ1v) is 22.9. The maximum atomic E-state index is 13.4. The van der Waals surface area contributed by atoms with Gasteiger partial charge in [0.25, 0.3) is 5.91 Å². The van der Waals surface area contributed by atoms with Crippen LogP contribution in [0.1, 0.15) is 41.6 Å². The van der Waals surface area contributed by atoms with Crippen molar-refractivity contribution in [2.45, 2.75) is 49.2 Å². The third-order valence-corrected chi connectivity index (χ3v) is 13.0. The zero-order chi connectivity index (χ0) is 46.3. The van der Waals surface area contributed by atoms with Crippen LogP contribution in [-0.4, -0.2) is 131 Å². The number of aryl methyl sites for hydroxylation is 1. The molecular formula is C48H54N10O7S. The molecule has 5 amide bonds. The van der Waals surface area contributed by atoms with Gasteiger partial charge in [-0.1, -0.05) is 30.3 Å². The molecule has 66 heavy (non-hydrogen) atoms. The number of ether oxygens (including phenoxy) is 2. The number of likely N-dealkylation sites (N-methyl/N-ethyl adjacent to an activating group) is 1. The zero-order valence-corrected chi connectivity index (χ0v) is 38.3. The summed E-state index contributed by atoms with van der Waals surface area (Å²) in [6, 6.07) is 18.3. The number of anilines is 3. The number of hydrogen-bond acceptors (Lipinski definition) is 13. The molecule has 1 unspecified atom stereocenters. The highest BCUT2D eigenvalue weighted by Gasteiger charge is 2.40. The molecule has 0 bridgehead atoms. The number of likely N-dealkylation sites (tertiary alicyclic amines) is 1. The predicted molar refractivity (Wildman–Crippen MR) is 253 cm³/mol. The van der Waals surface area contributed by atoms with Crippen LogP contribution in [0.3, 0.4) is 0 Å². The van der Waals surface area contributed by atoms with E-state index in [4.69, 9.17) is 14.5 Å². The number of imide groups is 1. The van der Waals surface area contributed by atoms with Crippen LogP contribution in [0.5, 0.6) is 11.5 Å². The summed E-state index contributed by atoms with van der Waals surface area (Å²) in [5.74, 6) is 0.0315. The molecule has 0 aliphatic carbocycles. The van der Waals surface area contributed by atoms with E-state index < -0.39 is 11.9 Å². The highest BCUT2D eigenvalue weighted by molar-refractivity contribution is 8.00. The van der Waals surface area contributed by atoms with E-state index in [9.17, 15) is 24.0 Å². The third-order valence-electron chi connectivity index (χ3n) is 11.9. The molecule has 2 fully saturated rings. The van der Waals surface area contributed by atoms with Crippen molar-refractivity contribution in [3.63, 3.8) is 0 Å². The van der Waals surface area contributed by atoms with Gasteiger partial charge in [-0.15, -0.1) is 11.8 Å². The van der Waals surface area contributed by atoms with Gasteiger partial charge >= 0.3 is 0 Å². The molecule has 17 nitrogen and oxygen atoms in total. The van der Waals surface area contributed by atoms with Crippen molar-refractivity contribution in [2.24, 2.45) is 7.05 Å². The molecule has 2 aromatic heterocycles. The fourth-order valence-corrected chi connectivity index (χ4v) is 9.36. The molecule has 3 aliphatic rings. The van der Waals surface area contributed by atoms with Crippen LogP contribution >= 0.6 is 11.8 Å². The average molecular weight is 915 g/mol. The summed E-state index contributed by atoms with van der Waals surface area (Å²) in [6.07, 6.45) is 9.10. The van der Waals surface area contributed by atoms with Gasteiger partial charge in [-0.25, -0.2) is 9.97 Å². The number of thioether (sulfide) groups is 1. The number of carbonyl (C=O) groups excluding carboxylic acids is 5. The van der Waals surface area contributed by atoms with Crippen molar-refractivity contribution in [1.82, 2.24) is 39.9 Å². The number of methoxy groups -OCH3 is 1. The molecule has 5 aromatic rings. The lowest BCUT2D eigenvalue weighted by molar-refractivity contribution is -0.137. The third kappa shape index (κ3) is 10.7. The van der Waals surface area contributed by atoms with Crippen molar-refractivity contribution in [3.8, 4) is 22.8 Å². The van der Waals surface area contributed by atoms with E-state index >= 15 is 0 Å². The monoisotopic (exact) mass is 914 g/mol. The van der Waals surface area contributed by atoms with Gasteiger partial charge in [-0.2, -0.15) is 0 Å². The second-order valence-corrected chi connectivity index (χ2v) is 17.8. The molecule has 0 saturated carbocycles. The molecule has 1 atom stereocenters. The lowest BCUT2D eigenvalue weighted by Crippen LogP contribution is -2.52. The van der Waals surface area contributed by atoms with Gasteiger partial charge in [0.1, 0.15) is 24.1 Å². The number of carbonyl (C=O) groups is 5. The van der Waals surface area contributed by atoms with E-state index in [-0.39, 0.29) is 48.4 Å². The number of fused-ring (bicyclic) bond motifs is 2. The Bertz CT molecular complexity index is 2680. The first-order chi connectivity index (χ1) is 31.9. The van der Waals surface area contributed by atoms with Gasteiger partial charge in [-0.05, 0) is 69.3 Å². The Hall–Kier alpha value is -6.76. The number of nitrogens with zero attached hydrogens (tertiary/aromatic N) is 6. The Balaban J connectivity index is 0.838. The molecule has 5 heterocycles. The van der Waals surface area contributed by atoms with Crippen molar-refractivity contribution < 1.29 is 33.4 Å². The highest BCUT2D eigenvalue weighted by Crippen LogP contribution is 2.39. The number of hydrogen-bond donors (Lipinski definition) is 4. The quantitative estimate of drug-likeness (QED) is 0.0557. The van der Waals surface area contributed by atoms with E-state index in [0.717, 1.165) is 58.6 Å². The SMILES string of the molecule is COc1cc(OCCN(C)C)c(NC(=O)/C=C/CN2CCC(NC(=O)CSc3cccc4c3CN(C3CCC(=O)NC3=O)C4=O)CC2)cc1Nc1nccc(-c2cn(C)c3ccccc23)n1. The summed E-state index contributed by atoms with van der Waals surface area (Å²) in [7, 11) is 7.49. The summed E-state index contributed by atoms with van der Waals surface area (Å²) >= 11 is 1.37. The lowest BCUT2D eigenvalue weighted by Gasteiger charge is -2.31. The van der Waals surface area contributed by atoms with E-state index in [1.54, 1.807) is 37.6 Å². The minimum Gasteiger partial charge on any atom is -0.494 e. The molecule has 3 aliphatic heterocycles. The standard InChI is InChI=1S/C48H54N10O7S/c1-55(2)23-24-65-41-26-40(64-4)36(53-48-49-19-16-35(52-48)33-27-56(3)38-11-6-5-9-31(33)38)25-37(41)51-43(59)13-8-20-57-21-17-30(18-22-57)50-45(61)29-66-42-12-7-10-32-34(42)28-58(47(32)63)39-14-15-44(60)54-46(39)62/h5-13,16,19,25-27,30,39H,14-15,17-18,20-24,28-29H2,1-4H3,(H,50,61)(H,51,59)(H,49,52,53)(H,54,60,62)/b13-8+. The molecule has 344 valence electrons. The number of benzene rings is 3. The molecule has 2 saturated heterocycles. The Morgan fingerprint density at radius 1 is 0.985 bits per heavy atom. The van der Waals surface area contributed by atoms with Gasteiger partial charge in [0.15, 0.2) is 0 Å². The number of para-hydroxylation sites is 1. The van der Waals surface area contributed by atoms with E-state index in [1.807, 2.05) is 56.4 Å².